The molecule has 164 valence electrons. The van der Waals surface area contributed by atoms with Crippen molar-refractivity contribution >= 4 is 11.7 Å². The van der Waals surface area contributed by atoms with Gasteiger partial charge in [-0.3, -0.25) is 4.79 Å². The number of hydrogen-bond acceptors (Lipinski definition) is 6. The van der Waals surface area contributed by atoms with Crippen LogP contribution in [-0.2, 0) is 10.3 Å². The van der Waals surface area contributed by atoms with Crippen molar-refractivity contribution in [1.82, 2.24) is 30.1 Å². The molecule has 4 aliphatic carbocycles. The van der Waals surface area contributed by atoms with Gasteiger partial charge in [0.2, 0.25) is 5.91 Å². The van der Waals surface area contributed by atoms with Crippen molar-refractivity contribution in [3.05, 3.63) is 30.2 Å². The van der Waals surface area contributed by atoms with E-state index >= 15 is 0 Å². The summed E-state index contributed by atoms with van der Waals surface area (Å²) in [6.07, 6.45) is 9.25. The first kappa shape index (κ1) is 19.2. The van der Waals surface area contributed by atoms with E-state index in [0.29, 0.717) is 17.7 Å². The molecule has 31 heavy (non-hydrogen) atoms. The highest BCUT2D eigenvalue weighted by atomic mass is 16.2. The van der Waals surface area contributed by atoms with Crippen LogP contribution in [0.3, 0.4) is 0 Å². The molecule has 2 atom stereocenters. The van der Waals surface area contributed by atoms with Crippen molar-refractivity contribution in [3.8, 4) is 0 Å². The second-order valence-electron chi connectivity index (χ2n) is 10.4. The van der Waals surface area contributed by atoms with E-state index in [1.54, 1.807) is 0 Å². The van der Waals surface area contributed by atoms with Gasteiger partial charge >= 0.3 is 0 Å². The zero-order valence-electron chi connectivity index (χ0n) is 18.3. The number of tetrazole rings is 1. The van der Waals surface area contributed by atoms with Crippen molar-refractivity contribution in [2.75, 3.05) is 31.1 Å². The molecule has 4 saturated carbocycles. The minimum absolute atomic E-state index is 0.118. The van der Waals surface area contributed by atoms with Crippen LogP contribution in [0.4, 0.5) is 5.82 Å². The standard InChI is InChI=1S/C23H31N7O/c1-17-25-27-30(26-17)23-14-18-11-19(15-23)13-22(12-18,16-23)21(31)29-8-4-7-28(9-10-29)20-5-2-3-6-24-20/h2-3,5-6,18-19H,4,7-16H2,1H3/t18-,19-,22?,23?/m1/s1. The molecule has 7 rings (SSSR count). The predicted molar refractivity (Wildman–Crippen MR) is 115 cm³/mol. The van der Waals surface area contributed by atoms with E-state index in [4.69, 9.17) is 0 Å². The van der Waals surface area contributed by atoms with E-state index in [1.807, 2.05) is 30.0 Å². The van der Waals surface area contributed by atoms with Crippen molar-refractivity contribution < 1.29 is 4.79 Å². The largest absolute Gasteiger partial charge is 0.355 e. The van der Waals surface area contributed by atoms with E-state index in [2.05, 4.69) is 36.3 Å². The molecular weight excluding hydrogens is 390 g/mol. The van der Waals surface area contributed by atoms with E-state index in [1.165, 1.54) is 6.42 Å². The van der Waals surface area contributed by atoms with E-state index in [0.717, 1.165) is 76.3 Å². The monoisotopic (exact) mass is 421 g/mol. The van der Waals surface area contributed by atoms with Gasteiger partial charge in [-0.2, -0.15) is 4.80 Å². The maximum atomic E-state index is 14.1. The summed E-state index contributed by atoms with van der Waals surface area (Å²) < 4.78 is 0. The molecule has 0 spiro atoms. The third kappa shape index (κ3) is 3.13. The van der Waals surface area contributed by atoms with Crippen LogP contribution in [0.5, 0.6) is 0 Å². The predicted octanol–water partition coefficient (Wildman–Crippen LogP) is 2.41. The third-order valence-electron chi connectivity index (χ3n) is 8.18. The molecule has 0 radical (unpaired) electrons. The number of carbonyl (C=O) groups excluding carboxylic acids is 1. The molecule has 1 saturated heterocycles. The lowest BCUT2D eigenvalue weighted by atomic mass is 9.46. The Hall–Kier alpha value is -2.51. The van der Waals surface area contributed by atoms with E-state index < -0.39 is 0 Å². The lowest BCUT2D eigenvalue weighted by molar-refractivity contribution is -0.167. The van der Waals surface area contributed by atoms with Gasteiger partial charge in [0.15, 0.2) is 5.82 Å². The Morgan fingerprint density at radius 1 is 1.06 bits per heavy atom. The normalized spacial score (nSPS) is 34.7. The number of aryl methyl sites for hydroxylation is 1. The first-order valence-electron chi connectivity index (χ1n) is 11.8. The van der Waals surface area contributed by atoms with Crippen LogP contribution in [0, 0.1) is 24.2 Å². The van der Waals surface area contributed by atoms with E-state index in [9.17, 15) is 4.79 Å². The van der Waals surface area contributed by atoms with Gasteiger partial charge in [-0.05, 0) is 81.1 Å². The van der Waals surface area contributed by atoms with E-state index in [-0.39, 0.29) is 11.0 Å². The average Bonchev–Trinajstić information content (AvgIpc) is 3.06. The van der Waals surface area contributed by atoms with Crippen LogP contribution in [0.25, 0.3) is 0 Å². The van der Waals surface area contributed by atoms with Crippen LogP contribution in [-0.4, -0.2) is 62.2 Å². The van der Waals surface area contributed by atoms with Gasteiger partial charge in [-0.15, -0.1) is 10.2 Å². The van der Waals surface area contributed by atoms with Crippen molar-refractivity contribution in [1.29, 1.82) is 0 Å². The zero-order chi connectivity index (χ0) is 21.1. The maximum Gasteiger partial charge on any atom is 0.228 e. The third-order valence-corrected chi connectivity index (χ3v) is 8.18. The smallest absolute Gasteiger partial charge is 0.228 e. The second-order valence-corrected chi connectivity index (χ2v) is 10.4. The first-order valence-corrected chi connectivity index (χ1v) is 11.8. The quantitative estimate of drug-likeness (QED) is 0.757. The molecule has 4 bridgehead atoms. The van der Waals surface area contributed by atoms with Crippen LogP contribution < -0.4 is 4.90 Å². The fourth-order valence-electron chi connectivity index (χ4n) is 7.41. The lowest BCUT2D eigenvalue weighted by Crippen LogP contribution is -2.62. The molecule has 8 nitrogen and oxygen atoms in total. The molecule has 0 unspecified atom stereocenters. The van der Waals surface area contributed by atoms with Crippen LogP contribution in [0.15, 0.2) is 24.4 Å². The number of carbonyl (C=O) groups is 1. The van der Waals surface area contributed by atoms with Crippen molar-refractivity contribution in [2.45, 2.75) is 57.4 Å². The Labute approximate surface area is 183 Å². The number of nitrogens with zero attached hydrogens (tertiary/aromatic N) is 7. The summed E-state index contributed by atoms with van der Waals surface area (Å²) in [7, 11) is 0. The fourth-order valence-corrected chi connectivity index (χ4v) is 7.41. The minimum Gasteiger partial charge on any atom is -0.355 e. The highest BCUT2D eigenvalue weighted by molar-refractivity contribution is 5.83. The highest BCUT2D eigenvalue weighted by Gasteiger charge is 2.63. The molecule has 5 fully saturated rings. The summed E-state index contributed by atoms with van der Waals surface area (Å²) in [6, 6.07) is 6.05. The first-order chi connectivity index (χ1) is 15.1. The molecule has 0 N–H and O–H groups in total. The summed E-state index contributed by atoms with van der Waals surface area (Å²) in [5.74, 6) is 3.32. The molecule has 1 aliphatic heterocycles. The SMILES string of the molecule is Cc1nnn(C23C[C@@H]4C[C@H](CC(C(=O)N5CCCN(c6ccccn6)CC5)(C4)C2)C3)n1. The average molecular weight is 422 g/mol. The van der Waals surface area contributed by atoms with Gasteiger partial charge in [0.25, 0.3) is 0 Å². The molecular formula is C23H31N7O. The fraction of sp³-hybridized carbons (Fsp3) is 0.696. The number of amides is 1. The number of pyridine rings is 1. The number of rotatable bonds is 3. The van der Waals surface area contributed by atoms with Gasteiger partial charge in [0.1, 0.15) is 5.82 Å². The molecule has 8 heteroatoms. The molecule has 3 heterocycles. The maximum absolute atomic E-state index is 14.1. The zero-order valence-corrected chi connectivity index (χ0v) is 18.3. The van der Waals surface area contributed by atoms with Crippen LogP contribution in [0.1, 0.15) is 50.8 Å². The van der Waals surface area contributed by atoms with Gasteiger partial charge in [0, 0.05) is 32.4 Å². The second kappa shape index (κ2) is 7.00. The minimum atomic E-state index is -0.244. The summed E-state index contributed by atoms with van der Waals surface area (Å²) in [6.45, 7) is 5.31. The van der Waals surface area contributed by atoms with Crippen LogP contribution in [0.2, 0.25) is 0 Å². The lowest BCUT2D eigenvalue weighted by Gasteiger charge is -2.60. The highest BCUT2D eigenvalue weighted by Crippen LogP contribution is 2.64. The van der Waals surface area contributed by atoms with Gasteiger partial charge in [0.05, 0.1) is 11.0 Å². The van der Waals surface area contributed by atoms with Gasteiger partial charge < -0.3 is 9.80 Å². The molecule has 0 aromatic carbocycles. The molecule has 2 aromatic heterocycles. The summed E-state index contributed by atoms with van der Waals surface area (Å²) in [4.78, 5) is 24.9. The Morgan fingerprint density at radius 3 is 2.61 bits per heavy atom. The van der Waals surface area contributed by atoms with Gasteiger partial charge in [-0.25, -0.2) is 4.98 Å². The number of hydrogen-bond donors (Lipinski definition) is 0. The Bertz CT molecular complexity index is 959. The number of aromatic nitrogens is 5. The summed E-state index contributed by atoms with van der Waals surface area (Å²) >= 11 is 0. The van der Waals surface area contributed by atoms with Crippen molar-refractivity contribution in [3.63, 3.8) is 0 Å². The molecule has 2 aromatic rings. The van der Waals surface area contributed by atoms with Crippen molar-refractivity contribution in [2.24, 2.45) is 17.3 Å². The summed E-state index contributed by atoms with van der Waals surface area (Å²) in [5.41, 5.74) is -0.362. The Balaban J connectivity index is 1.24. The van der Waals surface area contributed by atoms with Gasteiger partial charge in [-0.1, -0.05) is 6.07 Å². The molecule has 5 aliphatic rings. The van der Waals surface area contributed by atoms with Crippen LogP contribution >= 0.6 is 0 Å². The summed E-state index contributed by atoms with van der Waals surface area (Å²) in [5, 5.41) is 13.2. The Morgan fingerprint density at radius 2 is 1.90 bits per heavy atom. The number of anilines is 1. The topological polar surface area (TPSA) is 80.0 Å². The Kier molecular flexibility index (Phi) is 4.34. The molecule has 1 amide bonds.